The van der Waals surface area contributed by atoms with Gasteiger partial charge in [0.2, 0.25) is 0 Å². The summed E-state index contributed by atoms with van der Waals surface area (Å²) in [5, 5.41) is 6.17. The molecule has 0 bridgehead atoms. The van der Waals surface area contributed by atoms with E-state index in [-0.39, 0.29) is 12.4 Å². The Balaban J connectivity index is 1.85. The second-order valence-corrected chi connectivity index (χ2v) is 7.19. The number of thiazole rings is 1. The maximum atomic E-state index is 11.1. The molecule has 1 aliphatic rings. The molecule has 0 amide bonds. The normalized spacial score (nSPS) is 23.0. The number of nitrogens with one attached hydrogen (secondary N) is 1. The highest BCUT2D eigenvalue weighted by Gasteiger charge is 2.29. The van der Waals surface area contributed by atoms with E-state index in [0.29, 0.717) is 4.75 Å². The number of nitrogens with zero attached hydrogens (tertiary/aromatic N) is 1. The minimum atomic E-state index is -0.245. The molecule has 6 heteroatoms. The Morgan fingerprint density at radius 1 is 1.67 bits per heavy atom. The first-order valence-corrected chi connectivity index (χ1v) is 7.87. The molecular formula is C12H18N2O2S2. The highest BCUT2D eigenvalue weighted by atomic mass is 32.2. The summed E-state index contributed by atoms with van der Waals surface area (Å²) in [4.78, 5) is 15.5. The van der Waals surface area contributed by atoms with Gasteiger partial charge in [0.05, 0.1) is 19.2 Å². The third-order valence-electron chi connectivity index (χ3n) is 3.02. The number of thioether (sulfide) groups is 1. The van der Waals surface area contributed by atoms with Crippen molar-refractivity contribution >= 4 is 34.2 Å². The second kappa shape index (κ2) is 5.93. The SMILES string of the molecule is COC(=O)Cc1csc(NCC2(C)CCCS2)n1. The van der Waals surface area contributed by atoms with Crippen LogP contribution in [0.4, 0.5) is 5.13 Å². The van der Waals surface area contributed by atoms with Gasteiger partial charge in [0.25, 0.3) is 0 Å². The van der Waals surface area contributed by atoms with Crippen molar-refractivity contribution in [3.63, 3.8) is 0 Å². The summed E-state index contributed by atoms with van der Waals surface area (Å²) < 4.78 is 4.95. The van der Waals surface area contributed by atoms with E-state index in [4.69, 9.17) is 0 Å². The van der Waals surface area contributed by atoms with E-state index in [0.717, 1.165) is 17.4 Å². The van der Waals surface area contributed by atoms with E-state index in [1.54, 1.807) is 11.3 Å². The van der Waals surface area contributed by atoms with Crippen molar-refractivity contribution < 1.29 is 9.53 Å². The number of rotatable bonds is 5. The lowest BCUT2D eigenvalue weighted by atomic mass is 10.1. The van der Waals surface area contributed by atoms with Crippen molar-refractivity contribution in [3.05, 3.63) is 11.1 Å². The Morgan fingerprint density at radius 3 is 3.17 bits per heavy atom. The molecule has 1 saturated heterocycles. The highest BCUT2D eigenvalue weighted by Crippen LogP contribution is 2.37. The lowest BCUT2D eigenvalue weighted by molar-refractivity contribution is -0.139. The standard InChI is InChI=1S/C12H18N2O2S2/c1-12(4-3-5-18-12)8-13-11-14-9(7-17-11)6-10(15)16-2/h7H,3-6,8H2,1-2H3,(H,13,14). The van der Waals surface area contributed by atoms with Gasteiger partial charge >= 0.3 is 5.97 Å². The first kappa shape index (κ1) is 13.7. The zero-order valence-corrected chi connectivity index (χ0v) is 12.3. The molecule has 1 aromatic rings. The van der Waals surface area contributed by atoms with E-state index >= 15 is 0 Å². The molecule has 1 unspecified atom stereocenters. The third kappa shape index (κ3) is 3.62. The number of hydrogen-bond acceptors (Lipinski definition) is 6. The minimum absolute atomic E-state index is 0.245. The summed E-state index contributed by atoms with van der Waals surface area (Å²) >= 11 is 3.57. The molecule has 1 aliphatic heterocycles. The number of anilines is 1. The molecule has 2 rings (SSSR count). The molecule has 1 fully saturated rings. The fraction of sp³-hybridized carbons (Fsp3) is 0.667. The number of carbonyl (C=O) groups excluding carboxylic acids is 1. The molecule has 0 radical (unpaired) electrons. The molecule has 2 heterocycles. The van der Waals surface area contributed by atoms with Gasteiger partial charge in [-0.05, 0) is 25.5 Å². The molecule has 0 aromatic carbocycles. The number of carbonyl (C=O) groups is 1. The van der Waals surface area contributed by atoms with Gasteiger partial charge in [-0.15, -0.1) is 11.3 Å². The van der Waals surface area contributed by atoms with Gasteiger partial charge in [0.1, 0.15) is 0 Å². The van der Waals surface area contributed by atoms with Crippen LogP contribution in [-0.4, -0.2) is 35.1 Å². The quantitative estimate of drug-likeness (QED) is 0.843. The number of methoxy groups -OCH3 is 1. The second-order valence-electron chi connectivity index (χ2n) is 4.65. The summed E-state index contributed by atoms with van der Waals surface area (Å²) in [6.45, 7) is 3.23. The molecule has 0 spiro atoms. The van der Waals surface area contributed by atoms with Crippen LogP contribution in [-0.2, 0) is 16.0 Å². The summed E-state index contributed by atoms with van der Waals surface area (Å²) in [5.74, 6) is 1.01. The maximum absolute atomic E-state index is 11.1. The zero-order valence-electron chi connectivity index (χ0n) is 10.7. The van der Waals surface area contributed by atoms with Crippen LogP contribution in [0.5, 0.6) is 0 Å². The third-order valence-corrected chi connectivity index (χ3v) is 5.41. The van der Waals surface area contributed by atoms with Crippen molar-refractivity contribution in [1.82, 2.24) is 4.98 Å². The summed E-state index contributed by atoms with van der Waals surface area (Å²) in [7, 11) is 1.39. The van der Waals surface area contributed by atoms with Crippen LogP contribution in [0.2, 0.25) is 0 Å². The van der Waals surface area contributed by atoms with Crippen LogP contribution in [0, 0.1) is 0 Å². The Hall–Kier alpha value is -0.750. The van der Waals surface area contributed by atoms with E-state index in [1.807, 2.05) is 17.1 Å². The predicted molar refractivity (Wildman–Crippen MR) is 76.4 cm³/mol. The van der Waals surface area contributed by atoms with Gasteiger partial charge in [-0.3, -0.25) is 4.79 Å². The Bertz CT molecular complexity index is 414. The van der Waals surface area contributed by atoms with E-state index in [9.17, 15) is 4.79 Å². The molecule has 1 aromatic heterocycles. The smallest absolute Gasteiger partial charge is 0.311 e. The van der Waals surface area contributed by atoms with Gasteiger partial charge in [-0.2, -0.15) is 11.8 Å². The Kier molecular flexibility index (Phi) is 4.50. The maximum Gasteiger partial charge on any atom is 0.311 e. The average molecular weight is 286 g/mol. The monoisotopic (exact) mass is 286 g/mol. The van der Waals surface area contributed by atoms with Crippen molar-refractivity contribution in [2.75, 3.05) is 24.7 Å². The van der Waals surface area contributed by atoms with Crippen LogP contribution in [0.3, 0.4) is 0 Å². The van der Waals surface area contributed by atoms with Gasteiger partial charge in [-0.1, -0.05) is 0 Å². The summed E-state index contributed by atoms with van der Waals surface area (Å²) in [6.07, 6.45) is 2.81. The minimum Gasteiger partial charge on any atom is -0.469 e. The van der Waals surface area contributed by atoms with Crippen LogP contribution in [0.1, 0.15) is 25.5 Å². The van der Waals surface area contributed by atoms with Crippen molar-refractivity contribution in [2.24, 2.45) is 0 Å². The predicted octanol–water partition coefficient (Wildman–Crippen LogP) is 2.56. The number of hydrogen-bond donors (Lipinski definition) is 1. The lowest BCUT2D eigenvalue weighted by Gasteiger charge is -2.22. The Morgan fingerprint density at radius 2 is 2.50 bits per heavy atom. The largest absolute Gasteiger partial charge is 0.469 e. The molecule has 100 valence electrons. The van der Waals surface area contributed by atoms with Crippen molar-refractivity contribution in [1.29, 1.82) is 0 Å². The zero-order chi connectivity index (χ0) is 13.0. The van der Waals surface area contributed by atoms with Crippen LogP contribution in [0.25, 0.3) is 0 Å². The topological polar surface area (TPSA) is 51.2 Å². The number of ether oxygens (including phenoxy) is 1. The summed E-state index contributed by atoms with van der Waals surface area (Å²) in [6, 6.07) is 0. The number of aromatic nitrogens is 1. The molecule has 18 heavy (non-hydrogen) atoms. The summed E-state index contributed by atoms with van der Waals surface area (Å²) in [5.41, 5.74) is 0.776. The molecular weight excluding hydrogens is 268 g/mol. The van der Waals surface area contributed by atoms with E-state index < -0.39 is 0 Å². The first-order valence-electron chi connectivity index (χ1n) is 6.00. The molecule has 1 N–H and O–H groups in total. The van der Waals surface area contributed by atoms with Gasteiger partial charge in [0, 0.05) is 16.7 Å². The van der Waals surface area contributed by atoms with Crippen molar-refractivity contribution in [2.45, 2.75) is 30.9 Å². The van der Waals surface area contributed by atoms with Gasteiger partial charge in [-0.25, -0.2) is 4.98 Å². The molecule has 1 atom stereocenters. The molecule has 0 saturated carbocycles. The fourth-order valence-electron chi connectivity index (χ4n) is 1.93. The Labute approximate surface area is 116 Å². The van der Waals surface area contributed by atoms with Crippen LogP contribution in [0.15, 0.2) is 5.38 Å². The molecule has 0 aliphatic carbocycles. The lowest BCUT2D eigenvalue weighted by Crippen LogP contribution is -2.26. The number of esters is 1. The average Bonchev–Trinajstić information content (AvgIpc) is 2.97. The fourth-order valence-corrected chi connectivity index (χ4v) is 3.88. The van der Waals surface area contributed by atoms with Crippen LogP contribution >= 0.6 is 23.1 Å². The van der Waals surface area contributed by atoms with E-state index in [1.165, 1.54) is 25.7 Å². The van der Waals surface area contributed by atoms with Gasteiger partial charge < -0.3 is 10.1 Å². The highest BCUT2D eigenvalue weighted by molar-refractivity contribution is 8.00. The van der Waals surface area contributed by atoms with Crippen LogP contribution < -0.4 is 5.32 Å². The van der Waals surface area contributed by atoms with Crippen molar-refractivity contribution in [3.8, 4) is 0 Å². The first-order chi connectivity index (χ1) is 8.61. The van der Waals surface area contributed by atoms with Gasteiger partial charge in [0.15, 0.2) is 5.13 Å². The molecule has 4 nitrogen and oxygen atoms in total. The van der Waals surface area contributed by atoms with E-state index in [2.05, 4.69) is 22.0 Å².